The van der Waals surface area contributed by atoms with E-state index in [1.165, 1.54) is 5.56 Å². The van der Waals surface area contributed by atoms with Crippen LogP contribution in [0, 0.1) is 11.8 Å². The molecule has 6 rings (SSSR count). The van der Waals surface area contributed by atoms with Crippen LogP contribution >= 0.6 is 0 Å². The lowest BCUT2D eigenvalue weighted by atomic mass is 10.0. The second-order valence-corrected chi connectivity index (χ2v) is 17.9. The van der Waals surface area contributed by atoms with Crippen molar-refractivity contribution in [3.63, 3.8) is 0 Å². The van der Waals surface area contributed by atoms with Crippen LogP contribution in [0.15, 0.2) is 94.7 Å². The molecule has 52 heavy (non-hydrogen) atoms. The smallest absolute Gasteiger partial charge is 0.261 e. The Morgan fingerprint density at radius 1 is 0.654 bits per heavy atom. The summed E-state index contributed by atoms with van der Waals surface area (Å²) in [6.07, 6.45) is 3.82. The van der Waals surface area contributed by atoms with E-state index >= 15 is 0 Å². The van der Waals surface area contributed by atoms with Crippen molar-refractivity contribution < 1.29 is 21.6 Å². The van der Waals surface area contributed by atoms with Gasteiger partial charge in [0.2, 0.25) is 5.91 Å². The predicted octanol–water partition coefficient (Wildman–Crippen LogP) is 7.14. The first-order chi connectivity index (χ1) is 24.7. The number of benzene rings is 4. The Balaban J connectivity index is 0.000000203. The Morgan fingerprint density at radius 3 is 1.48 bits per heavy atom. The van der Waals surface area contributed by atoms with Crippen molar-refractivity contribution in [3.8, 4) is 0 Å². The molecule has 0 radical (unpaired) electrons. The number of fused-ring (bicyclic) bond motifs is 2. The number of sulfonamides is 2. The number of hydrogen-bond donors (Lipinski definition) is 4. The van der Waals surface area contributed by atoms with E-state index in [9.17, 15) is 21.6 Å². The molecule has 11 heteroatoms. The van der Waals surface area contributed by atoms with E-state index in [0.29, 0.717) is 54.6 Å². The molecule has 4 aromatic carbocycles. The second-order valence-electron chi connectivity index (χ2n) is 14.5. The molecular formula is C41H52N4O5S2. The van der Waals surface area contributed by atoms with E-state index in [2.05, 4.69) is 48.5 Å². The maximum atomic E-state index is 12.8. The third-order valence-corrected chi connectivity index (χ3v) is 12.8. The fourth-order valence-corrected chi connectivity index (χ4v) is 9.02. The van der Waals surface area contributed by atoms with Crippen molar-refractivity contribution in [2.75, 3.05) is 22.5 Å². The first-order valence-corrected chi connectivity index (χ1v) is 21.1. The van der Waals surface area contributed by atoms with Gasteiger partial charge in [-0.25, -0.2) is 16.8 Å². The summed E-state index contributed by atoms with van der Waals surface area (Å²) >= 11 is 0. The Hall–Kier alpha value is -4.19. The molecule has 1 amide bonds. The molecule has 4 aromatic rings. The molecule has 0 aromatic heterocycles. The van der Waals surface area contributed by atoms with Crippen LogP contribution in [0.1, 0.15) is 86.3 Å². The zero-order valence-corrected chi connectivity index (χ0v) is 32.4. The Morgan fingerprint density at radius 2 is 1.08 bits per heavy atom. The van der Waals surface area contributed by atoms with Crippen molar-refractivity contribution in [1.29, 1.82) is 0 Å². The SMILES string of the molecule is CC(C)c1ccc(S(=O)(=O)Nc2cccc3c2CC(CN)C3)cc1.CCC(=O)NCC1Cc2cccc(NS(=O)(=O)c3ccc(C(C)C)cc3)c2C1. The summed E-state index contributed by atoms with van der Waals surface area (Å²) in [7, 11) is -7.23. The average Bonchev–Trinajstić information content (AvgIpc) is 3.76. The van der Waals surface area contributed by atoms with E-state index in [0.717, 1.165) is 53.5 Å². The molecule has 0 heterocycles. The molecule has 5 N–H and O–H groups in total. The molecule has 278 valence electrons. The van der Waals surface area contributed by atoms with Gasteiger partial charge in [-0.15, -0.1) is 0 Å². The number of carbonyl (C=O) groups excluding carboxylic acids is 1. The van der Waals surface area contributed by atoms with Crippen molar-refractivity contribution in [1.82, 2.24) is 5.32 Å². The van der Waals surface area contributed by atoms with Crippen LogP contribution < -0.4 is 20.5 Å². The van der Waals surface area contributed by atoms with Crippen molar-refractivity contribution in [3.05, 3.63) is 118 Å². The van der Waals surface area contributed by atoms with Gasteiger partial charge in [-0.3, -0.25) is 14.2 Å². The quantitative estimate of drug-likeness (QED) is 0.121. The normalized spacial score (nSPS) is 16.5. The highest BCUT2D eigenvalue weighted by Crippen LogP contribution is 2.35. The van der Waals surface area contributed by atoms with E-state index < -0.39 is 20.0 Å². The highest BCUT2D eigenvalue weighted by atomic mass is 32.2. The van der Waals surface area contributed by atoms with Crippen molar-refractivity contribution in [2.24, 2.45) is 17.6 Å². The number of amides is 1. The lowest BCUT2D eigenvalue weighted by Gasteiger charge is -2.13. The second kappa shape index (κ2) is 16.7. The Labute approximate surface area is 309 Å². The van der Waals surface area contributed by atoms with E-state index in [1.807, 2.05) is 61.5 Å². The fraction of sp³-hybridized carbons (Fsp3) is 0.390. The summed E-state index contributed by atoms with van der Waals surface area (Å²) < 4.78 is 56.6. The Bertz CT molecular complexity index is 2080. The van der Waals surface area contributed by atoms with Gasteiger partial charge in [-0.05, 0) is 126 Å². The molecule has 0 fully saturated rings. The minimum Gasteiger partial charge on any atom is -0.356 e. The number of hydrogen-bond acceptors (Lipinski definition) is 6. The van der Waals surface area contributed by atoms with Gasteiger partial charge >= 0.3 is 0 Å². The number of rotatable bonds is 12. The topological polar surface area (TPSA) is 147 Å². The van der Waals surface area contributed by atoms with Crippen LogP contribution in [0.4, 0.5) is 11.4 Å². The molecule has 9 nitrogen and oxygen atoms in total. The predicted molar refractivity (Wildman–Crippen MR) is 210 cm³/mol. The standard InChI is InChI=1S/C22H28N2O3S.C19H24N2O2S/c1-4-22(25)23-14-16-12-18-6-5-7-21(20(18)13-16)24-28(26,27)19-10-8-17(9-11-19)15(2)3;1-13(2)15-6-8-17(9-7-15)24(22,23)21-19-5-3-4-16-10-14(12-20)11-18(16)19/h5-11,15-16,24H,4,12-14H2,1-3H3,(H,23,25);3-9,13-14,21H,10-12,20H2,1-2H3. The van der Waals surface area contributed by atoms with E-state index in [1.54, 1.807) is 24.3 Å². The summed E-state index contributed by atoms with van der Waals surface area (Å²) in [4.78, 5) is 12.1. The summed E-state index contributed by atoms with van der Waals surface area (Å²) in [6, 6.07) is 25.6. The molecule has 0 saturated heterocycles. The zero-order valence-electron chi connectivity index (χ0n) is 30.8. The minimum atomic E-state index is -3.64. The molecule has 0 saturated carbocycles. The van der Waals surface area contributed by atoms with Gasteiger partial charge in [0.25, 0.3) is 20.0 Å². The monoisotopic (exact) mass is 744 g/mol. The van der Waals surface area contributed by atoms with Crippen LogP contribution in [0.2, 0.25) is 0 Å². The molecule has 2 aliphatic carbocycles. The molecule has 2 atom stereocenters. The third kappa shape index (κ3) is 9.42. The molecule has 0 spiro atoms. The maximum Gasteiger partial charge on any atom is 0.261 e. The lowest BCUT2D eigenvalue weighted by Crippen LogP contribution is -2.28. The third-order valence-electron chi connectivity index (χ3n) is 9.99. The zero-order chi connectivity index (χ0) is 37.6. The molecule has 2 unspecified atom stereocenters. The average molecular weight is 745 g/mol. The first kappa shape index (κ1) is 39.0. The van der Waals surface area contributed by atoms with Crippen LogP contribution in [-0.4, -0.2) is 35.8 Å². The van der Waals surface area contributed by atoms with Gasteiger partial charge in [0, 0.05) is 13.0 Å². The van der Waals surface area contributed by atoms with E-state index in [-0.39, 0.29) is 15.7 Å². The number of anilines is 2. The van der Waals surface area contributed by atoms with Crippen molar-refractivity contribution >= 4 is 37.3 Å². The summed E-state index contributed by atoms with van der Waals surface area (Å²) in [5.74, 6) is 1.46. The van der Waals surface area contributed by atoms with Crippen LogP contribution in [-0.2, 0) is 50.5 Å². The number of nitrogens with one attached hydrogen (secondary N) is 3. The molecule has 2 aliphatic rings. The van der Waals surface area contributed by atoms with Crippen LogP contribution in [0.3, 0.4) is 0 Å². The summed E-state index contributed by atoms with van der Waals surface area (Å²) in [6.45, 7) is 11.4. The minimum absolute atomic E-state index is 0.0433. The van der Waals surface area contributed by atoms with Gasteiger partial charge in [0.05, 0.1) is 21.2 Å². The number of nitrogens with two attached hydrogens (primary N) is 1. The lowest BCUT2D eigenvalue weighted by molar-refractivity contribution is -0.120. The molecular weight excluding hydrogens is 693 g/mol. The summed E-state index contributed by atoms with van der Waals surface area (Å²) in [5.41, 5.74) is 13.8. The van der Waals surface area contributed by atoms with Gasteiger partial charge in [0.1, 0.15) is 0 Å². The van der Waals surface area contributed by atoms with Gasteiger partial charge in [-0.1, -0.05) is 83.1 Å². The van der Waals surface area contributed by atoms with Crippen molar-refractivity contribution in [2.45, 2.75) is 88.3 Å². The van der Waals surface area contributed by atoms with Crippen LogP contribution in [0.25, 0.3) is 0 Å². The highest BCUT2D eigenvalue weighted by molar-refractivity contribution is 7.93. The van der Waals surface area contributed by atoms with Gasteiger partial charge in [-0.2, -0.15) is 0 Å². The maximum absolute atomic E-state index is 12.8. The van der Waals surface area contributed by atoms with Gasteiger partial charge in [0.15, 0.2) is 0 Å². The van der Waals surface area contributed by atoms with Gasteiger partial charge < -0.3 is 11.1 Å². The largest absolute Gasteiger partial charge is 0.356 e. The highest BCUT2D eigenvalue weighted by Gasteiger charge is 2.27. The summed E-state index contributed by atoms with van der Waals surface area (Å²) in [5, 5.41) is 2.94. The van der Waals surface area contributed by atoms with Crippen LogP contribution in [0.5, 0.6) is 0 Å². The van der Waals surface area contributed by atoms with E-state index in [4.69, 9.17) is 5.73 Å². The Kier molecular flexibility index (Phi) is 12.5. The number of carbonyl (C=O) groups is 1. The fourth-order valence-electron chi connectivity index (χ4n) is 6.83. The molecule has 0 bridgehead atoms. The molecule has 0 aliphatic heterocycles. The first-order valence-electron chi connectivity index (χ1n) is 18.1.